The van der Waals surface area contributed by atoms with Crippen LogP contribution < -0.4 is 5.19 Å². The van der Waals surface area contributed by atoms with Gasteiger partial charge in [-0.1, -0.05) is 74.1 Å². The minimum absolute atomic E-state index is 0.755. The topological polar surface area (TPSA) is 0 Å². The lowest BCUT2D eigenvalue weighted by molar-refractivity contribution is 0.918. The van der Waals surface area contributed by atoms with Gasteiger partial charge in [-0.05, 0) is 12.5 Å². The second kappa shape index (κ2) is 5.31. The highest BCUT2D eigenvalue weighted by atomic mass is 28.3. The van der Waals surface area contributed by atoms with Gasteiger partial charge >= 0.3 is 0 Å². The van der Waals surface area contributed by atoms with Crippen LogP contribution in [0.25, 0.3) is 0 Å². The van der Waals surface area contributed by atoms with Crippen molar-refractivity contribution >= 4 is 13.3 Å². The van der Waals surface area contributed by atoms with E-state index in [1.807, 2.05) is 0 Å². The molecular weight excluding hydrogens is 196 g/mol. The molecule has 0 aliphatic heterocycles. The Balaban J connectivity index is 3.00. The molecule has 0 aliphatic carbocycles. The largest absolute Gasteiger partial charge is 0.0917 e. The van der Waals surface area contributed by atoms with Crippen LogP contribution in [0.2, 0.25) is 18.6 Å². The maximum absolute atomic E-state index is 2.47. The van der Waals surface area contributed by atoms with E-state index in [9.17, 15) is 0 Å². The minimum Gasteiger partial charge on any atom is -0.0917 e. The van der Waals surface area contributed by atoms with Gasteiger partial charge in [0.2, 0.25) is 0 Å². The molecule has 1 rings (SSSR count). The van der Waals surface area contributed by atoms with Crippen LogP contribution in [0.3, 0.4) is 0 Å². The van der Waals surface area contributed by atoms with Crippen molar-refractivity contribution in [3.05, 3.63) is 42.5 Å². The molecule has 1 atom stereocenters. The smallest absolute Gasteiger partial charge is 0.0873 e. The normalized spacial score (nSPS) is 14.4. The Kier molecular flexibility index (Phi) is 4.34. The maximum atomic E-state index is 2.47. The molecule has 0 N–H and O–H groups in total. The van der Waals surface area contributed by atoms with Gasteiger partial charge in [-0.25, -0.2) is 0 Å². The number of hydrogen-bond acceptors (Lipinski definition) is 0. The van der Waals surface area contributed by atoms with Gasteiger partial charge in [-0.15, -0.1) is 0 Å². The van der Waals surface area contributed by atoms with Crippen LogP contribution in [0.15, 0.2) is 42.5 Å². The van der Waals surface area contributed by atoms with E-state index in [2.05, 4.69) is 69.4 Å². The quantitative estimate of drug-likeness (QED) is 0.530. The summed E-state index contributed by atoms with van der Waals surface area (Å²) in [4.78, 5) is 0. The zero-order valence-corrected chi connectivity index (χ0v) is 11.3. The number of allylic oxidation sites excluding steroid dienone is 2. The van der Waals surface area contributed by atoms with Crippen LogP contribution in [-0.2, 0) is 0 Å². The second-order valence-electron chi connectivity index (χ2n) is 4.63. The van der Waals surface area contributed by atoms with Gasteiger partial charge in [0.05, 0.1) is 8.07 Å². The Morgan fingerprint density at radius 2 is 1.80 bits per heavy atom. The predicted molar refractivity (Wildman–Crippen MR) is 72.4 cm³/mol. The van der Waals surface area contributed by atoms with E-state index < -0.39 is 8.07 Å². The van der Waals surface area contributed by atoms with Gasteiger partial charge in [0.1, 0.15) is 0 Å². The van der Waals surface area contributed by atoms with E-state index in [1.165, 1.54) is 6.42 Å². The molecule has 82 valence electrons. The summed E-state index contributed by atoms with van der Waals surface area (Å²) in [7, 11) is -1.32. The van der Waals surface area contributed by atoms with Crippen LogP contribution >= 0.6 is 0 Å². The zero-order valence-electron chi connectivity index (χ0n) is 10.3. The number of hydrogen-bond donors (Lipinski definition) is 0. The molecule has 0 saturated carbocycles. The summed E-state index contributed by atoms with van der Waals surface area (Å²) in [5.74, 6) is 0. The third-order valence-electron chi connectivity index (χ3n) is 3.31. The van der Waals surface area contributed by atoms with Crippen LogP contribution in [0.5, 0.6) is 0 Å². The van der Waals surface area contributed by atoms with Crippen molar-refractivity contribution < 1.29 is 0 Å². The lowest BCUT2D eigenvalue weighted by Crippen LogP contribution is -2.45. The lowest BCUT2D eigenvalue weighted by Gasteiger charge is -2.30. The van der Waals surface area contributed by atoms with E-state index in [1.54, 1.807) is 5.19 Å². The highest BCUT2D eigenvalue weighted by molar-refractivity contribution is 6.91. The third-order valence-corrected chi connectivity index (χ3v) is 7.59. The van der Waals surface area contributed by atoms with Gasteiger partial charge in [0.15, 0.2) is 0 Å². The SMILES string of the molecule is C/C=C/[C@H](CC)[Si](C)(C)c1ccccc1. The molecule has 0 saturated heterocycles. The van der Waals surface area contributed by atoms with E-state index in [0.29, 0.717) is 0 Å². The van der Waals surface area contributed by atoms with Crippen LogP contribution in [0.4, 0.5) is 0 Å². The van der Waals surface area contributed by atoms with Crippen molar-refractivity contribution in [2.24, 2.45) is 0 Å². The molecule has 0 spiro atoms. The monoisotopic (exact) mass is 218 g/mol. The molecule has 0 fully saturated rings. The predicted octanol–water partition coefficient (Wildman–Crippen LogP) is 3.96. The van der Waals surface area contributed by atoms with Crippen LogP contribution in [0.1, 0.15) is 20.3 Å². The van der Waals surface area contributed by atoms with Gasteiger partial charge in [0.25, 0.3) is 0 Å². The molecular formula is C14H22Si. The lowest BCUT2D eigenvalue weighted by atomic mass is 10.3. The Morgan fingerprint density at radius 1 is 1.20 bits per heavy atom. The second-order valence-corrected chi connectivity index (χ2v) is 9.39. The summed E-state index contributed by atoms with van der Waals surface area (Å²) in [6.45, 7) is 9.35. The van der Waals surface area contributed by atoms with Crippen molar-refractivity contribution in [2.45, 2.75) is 38.9 Å². The zero-order chi connectivity index (χ0) is 11.3. The molecule has 0 radical (unpaired) electrons. The Hall–Kier alpha value is -0.823. The summed E-state index contributed by atoms with van der Waals surface area (Å²) in [5.41, 5.74) is 0.755. The number of benzene rings is 1. The average molecular weight is 218 g/mol. The molecule has 1 heteroatoms. The van der Waals surface area contributed by atoms with Crippen molar-refractivity contribution in [1.29, 1.82) is 0 Å². The van der Waals surface area contributed by atoms with E-state index in [0.717, 1.165) is 5.54 Å². The molecule has 0 nitrogen and oxygen atoms in total. The van der Waals surface area contributed by atoms with E-state index in [-0.39, 0.29) is 0 Å². The first-order valence-electron chi connectivity index (χ1n) is 5.81. The Morgan fingerprint density at radius 3 is 2.27 bits per heavy atom. The standard InChI is InChI=1S/C14H22Si/c1-5-10-13(6-2)15(3,4)14-11-8-7-9-12-14/h5,7-13H,6H2,1-4H3/b10-5+/t13-/m0/s1. The molecule has 0 bridgehead atoms. The molecule has 1 aromatic carbocycles. The Labute approximate surface area is 95.0 Å². The van der Waals surface area contributed by atoms with Crippen LogP contribution in [-0.4, -0.2) is 8.07 Å². The van der Waals surface area contributed by atoms with Crippen molar-refractivity contribution in [1.82, 2.24) is 0 Å². The first-order chi connectivity index (χ1) is 7.12. The fourth-order valence-electron chi connectivity index (χ4n) is 2.20. The minimum atomic E-state index is -1.32. The fraction of sp³-hybridized carbons (Fsp3) is 0.429. The first kappa shape index (κ1) is 12.2. The van der Waals surface area contributed by atoms with Crippen LogP contribution in [0, 0.1) is 0 Å². The third kappa shape index (κ3) is 2.82. The maximum Gasteiger partial charge on any atom is 0.0873 e. The van der Waals surface area contributed by atoms with Gasteiger partial charge in [-0.2, -0.15) is 0 Å². The first-order valence-corrected chi connectivity index (χ1v) is 8.89. The molecule has 15 heavy (non-hydrogen) atoms. The van der Waals surface area contributed by atoms with Crippen molar-refractivity contribution in [3.8, 4) is 0 Å². The highest BCUT2D eigenvalue weighted by Gasteiger charge is 2.30. The molecule has 0 amide bonds. The van der Waals surface area contributed by atoms with Gasteiger partial charge in [0, 0.05) is 0 Å². The van der Waals surface area contributed by atoms with Crippen molar-refractivity contribution in [2.75, 3.05) is 0 Å². The summed E-state index contributed by atoms with van der Waals surface area (Å²) in [6, 6.07) is 11.0. The molecule has 0 heterocycles. The summed E-state index contributed by atoms with van der Waals surface area (Å²) >= 11 is 0. The highest BCUT2D eigenvalue weighted by Crippen LogP contribution is 2.26. The summed E-state index contributed by atoms with van der Waals surface area (Å²) in [6.07, 6.45) is 5.84. The van der Waals surface area contributed by atoms with Crippen molar-refractivity contribution in [3.63, 3.8) is 0 Å². The van der Waals surface area contributed by atoms with E-state index >= 15 is 0 Å². The molecule has 0 aliphatic rings. The van der Waals surface area contributed by atoms with Gasteiger partial charge < -0.3 is 0 Å². The number of rotatable bonds is 4. The summed E-state index contributed by atoms with van der Waals surface area (Å²) < 4.78 is 0. The molecule has 0 unspecified atom stereocenters. The summed E-state index contributed by atoms with van der Waals surface area (Å²) in [5, 5.41) is 1.56. The van der Waals surface area contributed by atoms with Gasteiger partial charge in [-0.3, -0.25) is 0 Å². The fourth-order valence-corrected chi connectivity index (χ4v) is 5.37. The van der Waals surface area contributed by atoms with E-state index in [4.69, 9.17) is 0 Å². The molecule has 0 aromatic heterocycles. The Bertz CT molecular complexity index is 311. The molecule has 1 aromatic rings. The average Bonchev–Trinajstić information content (AvgIpc) is 2.27.